The molecule has 2 aliphatic heterocycles. The van der Waals surface area contributed by atoms with Crippen molar-refractivity contribution in [2.75, 3.05) is 39.4 Å². The topological polar surface area (TPSA) is 24.5 Å². The van der Waals surface area contributed by atoms with Gasteiger partial charge in [0, 0.05) is 32.2 Å². The standard InChI is InChI=1S/C11H20N2O/c1-2-11(8-12-9-11)7-10(1)13-3-5-14-6-4-13/h10,12H,1-9H2/t10-/m0/s1. The van der Waals surface area contributed by atoms with Gasteiger partial charge in [0.25, 0.3) is 0 Å². The highest BCUT2D eigenvalue weighted by molar-refractivity contribution is 5.01. The molecule has 80 valence electrons. The minimum absolute atomic E-state index is 0.697. The van der Waals surface area contributed by atoms with Gasteiger partial charge in [0.05, 0.1) is 13.2 Å². The minimum Gasteiger partial charge on any atom is -0.379 e. The molecule has 3 heteroatoms. The van der Waals surface area contributed by atoms with E-state index >= 15 is 0 Å². The third-order valence-electron chi connectivity index (χ3n) is 4.24. The van der Waals surface area contributed by atoms with E-state index in [4.69, 9.17) is 4.74 Å². The van der Waals surface area contributed by atoms with Crippen molar-refractivity contribution in [1.82, 2.24) is 10.2 Å². The molecule has 1 saturated carbocycles. The van der Waals surface area contributed by atoms with Crippen molar-refractivity contribution in [2.45, 2.75) is 25.3 Å². The summed E-state index contributed by atoms with van der Waals surface area (Å²) in [7, 11) is 0. The Hall–Kier alpha value is -0.120. The van der Waals surface area contributed by atoms with Gasteiger partial charge < -0.3 is 10.1 Å². The molecule has 2 heterocycles. The van der Waals surface area contributed by atoms with E-state index < -0.39 is 0 Å². The van der Waals surface area contributed by atoms with Gasteiger partial charge in [-0.25, -0.2) is 0 Å². The number of nitrogens with one attached hydrogen (secondary N) is 1. The lowest BCUT2D eigenvalue weighted by Gasteiger charge is -2.41. The van der Waals surface area contributed by atoms with Crippen LogP contribution in [0, 0.1) is 5.41 Å². The molecule has 0 aromatic rings. The maximum atomic E-state index is 5.40. The van der Waals surface area contributed by atoms with Crippen LogP contribution >= 0.6 is 0 Å². The lowest BCUT2D eigenvalue weighted by molar-refractivity contribution is 0.0135. The summed E-state index contributed by atoms with van der Waals surface area (Å²) < 4.78 is 5.40. The lowest BCUT2D eigenvalue weighted by Crippen LogP contribution is -2.53. The molecule has 0 unspecified atom stereocenters. The molecule has 3 rings (SSSR count). The van der Waals surface area contributed by atoms with Crippen LogP contribution in [-0.2, 0) is 4.74 Å². The average Bonchev–Trinajstić information content (AvgIpc) is 2.63. The molecule has 1 aliphatic carbocycles. The molecule has 0 bridgehead atoms. The van der Waals surface area contributed by atoms with E-state index in [0.29, 0.717) is 5.41 Å². The summed E-state index contributed by atoms with van der Waals surface area (Å²) in [5.41, 5.74) is 0.697. The van der Waals surface area contributed by atoms with Crippen LogP contribution in [0.3, 0.4) is 0 Å². The molecule has 2 saturated heterocycles. The zero-order valence-electron chi connectivity index (χ0n) is 8.80. The van der Waals surface area contributed by atoms with Crippen molar-refractivity contribution in [3.05, 3.63) is 0 Å². The van der Waals surface area contributed by atoms with Crippen LogP contribution in [0.4, 0.5) is 0 Å². The molecule has 0 radical (unpaired) electrons. The van der Waals surface area contributed by atoms with Crippen molar-refractivity contribution >= 4 is 0 Å². The predicted molar refractivity (Wildman–Crippen MR) is 55.3 cm³/mol. The largest absolute Gasteiger partial charge is 0.379 e. The van der Waals surface area contributed by atoms with Crippen LogP contribution in [0.2, 0.25) is 0 Å². The molecule has 1 N–H and O–H groups in total. The molecule has 3 fully saturated rings. The minimum atomic E-state index is 0.697. The zero-order chi connectivity index (χ0) is 9.43. The second kappa shape index (κ2) is 3.47. The summed E-state index contributed by atoms with van der Waals surface area (Å²) in [5, 5.41) is 3.42. The third kappa shape index (κ3) is 1.47. The van der Waals surface area contributed by atoms with Gasteiger partial charge in [0.15, 0.2) is 0 Å². The van der Waals surface area contributed by atoms with Crippen LogP contribution in [0.25, 0.3) is 0 Å². The number of morpholine rings is 1. The van der Waals surface area contributed by atoms with E-state index in [1.54, 1.807) is 0 Å². The Kier molecular flexibility index (Phi) is 2.26. The maximum absolute atomic E-state index is 5.40. The first-order chi connectivity index (χ1) is 6.88. The first-order valence-corrected chi connectivity index (χ1v) is 5.91. The van der Waals surface area contributed by atoms with E-state index in [2.05, 4.69) is 10.2 Å². The normalized spacial score (nSPS) is 37.3. The summed E-state index contributed by atoms with van der Waals surface area (Å²) >= 11 is 0. The van der Waals surface area contributed by atoms with Gasteiger partial charge in [-0.2, -0.15) is 0 Å². The van der Waals surface area contributed by atoms with Gasteiger partial charge in [-0.1, -0.05) is 0 Å². The molecular weight excluding hydrogens is 176 g/mol. The fraction of sp³-hybridized carbons (Fsp3) is 1.00. The monoisotopic (exact) mass is 196 g/mol. The van der Waals surface area contributed by atoms with E-state index in [1.165, 1.54) is 32.4 Å². The van der Waals surface area contributed by atoms with Crippen LogP contribution in [0.5, 0.6) is 0 Å². The van der Waals surface area contributed by atoms with Crippen molar-refractivity contribution in [3.63, 3.8) is 0 Å². The first-order valence-electron chi connectivity index (χ1n) is 5.91. The highest BCUT2D eigenvalue weighted by Gasteiger charge is 2.45. The predicted octanol–water partition coefficient (Wildman–Crippen LogP) is 0.461. The lowest BCUT2D eigenvalue weighted by atomic mass is 9.80. The van der Waals surface area contributed by atoms with Crippen molar-refractivity contribution in [3.8, 4) is 0 Å². The van der Waals surface area contributed by atoms with Crippen molar-refractivity contribution in [2.24, 2.45) is 5.41 Å². The second-order valence-corrected chi connectivity index (χ2v) is 5.15. The number of hydrogen-bond donors (Lipinski definition) is 1. The van der Waals surface area contributed by atoms with Gasteiger partial charge in [0.2, 0.25) is 0 Å². The smallest absolute Gasteiger partial charge is 0.0594 e. The third-order valence-corrected chi connectivity index (χ3v) is 4.24. The summed E-state index contributed by atoms with van der Waals surface area (Å²) in [6.07, 6.45) is 4.30. The molecule has 3 aliphatic rings. The molecule has 1 spiro atoms. The summed E-state index contributed by atoms with van der Waals surface area (Å²) in [5.74, 6) is 0. The molecule has 14 heavy (non-hydrogen) atoms. The van der Waals surface area contributed by atoms with Gasteiger partial charge in [-0.3, -0.25) is 4.90 Å². The Morgan fingerprint density at radius 3 is 2.57 bits per heavy atom. The first kappa shape index (κ1) is 9.13. The Morgan fingerprint density at radius 2 is 2.00 bits per heavy atom. The van der Waals surface area contributed by atoms with Crippen LogP contribution in [0.15, 0.2) is 0 Å². The summed E-state index contributed by atoms with van der Waals surface area (Å²) in [6.45, 7) is 6.76. The second-order valence-electron chi connectivity index (χ2n) is 5.15. The fourth-order valence-corrected chi connectivity index (χ4v) is 3.23. The SMILES string of the molecule is C1CN([C@H]2CCC3(CNC3)C2)CCO1. The van der Waals surface area contributed by atoms with Crippen molar-refractivity contribution < 1.29 is 4.74 Å². The maximum Gasteiger partial charge on any atom is 0.0594 e. The van der Waals surface area contributed by atoms with Crippen LogP contribution in [0.1, 0.15) is 19.3 Å². The number of nitrogens with zero attached hydrogens (tertiary/aromatic N) is 1. The molecule has 0 amide bonds. The van der Waals surface area contributed by atoms with Crippen LogP contribution < -0.4 is 5.32 Å². The molecule has 3 nitrogen and oxygen atoms in total. The van der Waals surface area contributed by atoms with Gasteiger partial charge in [-0.15, -0.1) is 0 Å². The zero-order valence-corrected chi connectivity index (χ0v) is 8.80. The number of rotatable bonds is 1. The molecule has 0 aromatic heterocycles. The Balaban J connectivity index is 1.58. The van der Waals surface area contributed by atoms with E-state index in [1.807, 2.05) is 0 Å². The highest BCUT2D eigenvalue weighted by atomic mass is 16.5. The highest BCUT2D eigenvalue weighted by Crippen LogP contribution is 2.43. The van der Waals surface area contributed by atoms with Crippen molar-refractivity contribution in [1.29, 1.82) is 0 Å². The quantitative estimate of drug-likeness (QED) is 0.659. The number of ether oxygens (including phenoxy) is 1. The van der Waals surface area contributed by atoms with Gasteiger partial charge in [-0.05, 0) is 24.7 Å². The fourth-order valence-electron chi connectivity index (χ4n) is 3.23. The summed E-state index contributed by atoms with van der Waals surface area (Å²) in [4.78, 5) is 2.65. The van der Waals surface area contributed by atoms with E-state index in [0.717, 1.165) is 32.3 Å². The average molecular weight is 196 g/mol. The Bertz CT molecular complexity index is 209. The number of hydrogen-bond acceptors (Lipinski definition) is 3. The molecule has 1 atom stereocenters. The molecule has 0 aromatic carbocycles. The Morgan fingerprint density at radius 1 is 1.21 bits per heavy atom. The Labute approximate surface area is 85.8 Å². The van der Waals surface area contributed by atoms with E-state index in [-0.39, 0.29) is 0 Å². The molecular formula is C11H20N2O. The van der Waals surface area contributed by atoms with Gasteiger partial charge in [0.1, 0.15) is 0 Å². The van der Waals surface area contributed by atoms with Crippen LogP contribution in [-0.4, -0.2) is 50.3 Å². The van der Waals surface area contributed by atoms with E-state index in [9.17, 15) is 0 Å². The van der Waals surface area contributed by atoms with Gasteiger partial charge >= 0.3 is 0 Å². The summed E-state index contributed by atoms with van der Waals surface area (Å²) in [6, 6.07) is 0.862.